The Balaban J connectivity index is 1.30. The zero-order valence-corrected chi connectivity index (χ0v) is 18.6. The van der Waals surface area contributed by atoms with Crippen molar-refractivity contribution in [1.82, 2.24) is 15.2 Å². The van der Waals surface area contributed by atoms with Crippen molar-refractivity contribution in [3.05, 3.63) is 47.0 Å². The minimum Gasteiger partial charge on any atom is -0.379 e. The van der Waals surface area contributed by atoms with Gasteiger partial charge in [0.1, 0.15) is 0 Å². The molecule has 0 unspecified atom stereocenters. The van der Waals surface area contributed by atoms with Crippen LogP contribution in [0.4, 0.5) is 5.13 Å². The number of thiazole rings is 1. The number of nitrogens with one attached hydrogen (secondary N) is 2. The molecule has 1 aromatic carbocycles. The van der Waals surface area contributed by atoms with Gasteiger partial charge >= 0.3 is 0 Å². The van der Waals surface area contributed by atoms with Gasteiger partial charge in [0.15, 0.2) is 5.13 Å². The van der Waals surface area contributed by atoms with Crippen molar-refractivity contribution in [2.24, 2.45) is 0 Å². The van der Waals surface area contributed by atoms with E-state index in [0.29, 0.717) is 22.9 Å². The van der Waals surface area contributed by atoms with Crippen LogP contribution in [0.3, 0.4) is 0 Å². The van der Waals surface area contributed by atoms with Gasteiger partial charge in [-0.25, -0.2) is 4.98 Å². The average Bonchev–Trinajstić information content (AvgIpc) is 3.26. The second-order valence-corrected chi connectivity index (χ2v) is 9.16. The number of hydrogen-bond donors (Lipinski definition) is 2. The Labute approximate surface area is 187 Å². The van der Waals surface area contributed by atoms with E-state index in [4.69, 9.17) is 4.74 Å². The van der Waals surface area contributed by atoms with E-state index >= 15 is 0 Å². The van der Waals surface area contributed by atoms with Gasteiger partial charge in [0.05, 0.1) is 25.3 Å². The molecule has 0 bridgehead atoms. The van der Waals surface area contributed by atoms with Crippen LogP contribution in [-0.2, 0) is 16.0 Å². The lowest BCUT2D eigenvalue weighted by atomic mass is 9.79. The fraction of sp³-hybridized carbons (Fsp3) is 0.522. The first-order valence-electron chi connectivity index (χ1n) is 11.0. The summed E-state index contributed by atoms with van der Waals surface area (Å²) in [6, 6.07) is 9.03. The average molecular weight is 443 g/mol. The third-order valence-electron chi connectivity index (χ3n) is 6.23. The summed E-state index contributed by atoms with van der Waals surface area (Å²) in [5, 5.41) is 8.31. The van der Waals surface area contributed by atoms with Gasteiger partial charge in [-0.05, 0) is 25.0 Å². The molecule has 2 amide bonds. The smallest absolute Gasteiger partial charge is 0.257 e. The van der Waals surface area contributed by atoms with Crippen LogP contribution in [0, 0.1) is 0 Å². The molecule has 4 rings (SSSR count). The number of hydrogen-bond acceptors (Lipinski definition) is 6. The molecular weight excluding hydrogens is 412 g/mol. The van der Waals surface area contributed by atoms with Crippen molar-refractivity contribution in [2.45, 2.75) is 44.1 Å². The van der Waals surface area contributed by atoms with E-state index in [2.05, 4.69) is 20.5 Å². The molecule has 0 spiro atoms. The molecule has 2 aromatic rings. The van der Waals surface area contributed by atoms with Gasteiger partial charge in [0.2, 0.25) is 5.91 Å². The Hall–Kier alpha value is -2.29. The molecule has 1 aromatic heterocycles. The zero-order chi connectivity index (χ0) is 21.5. The summed E-state index contributed by atoms with van der Waals surface area (Å²) >= 11 is 1.34. The zero-order valence-electron chi connectivity index (χ0n) is 17.8. The van der Waals surface area contributed by atoms with Crippen LogP contribution in [-0.4, -0.2) is 60.1 Å². The van der Waals surface area contributed by atoms with E-state index in [1.54, 1.807) is 12.1 Å². The van der Waals surface area contributed by atoms with Gasteiger partial charge in [0.25, 0.3) is 5.91 Å². The number of morpholine rings is 1. The molecule has 1 aliphatic carbocycles. The summed E-state index contributed by atoms with van der Waals surface area (Å²) < 4.78 is 5.53. The number of rotatable bonds is 7. The molecule has 166 valence electrons. The van der Waals surface area contributed by atoms with Gasteiger partial charge in [-0.1, -0.05) is 37.5 Å². The van der Waals surface area contributed by atoms with Crippen molar-refractivity contribution < 1.29 is 14.3 Å². The highest BCUT2D eigenvalue weighted by Gasteiger charge is 2.38. The normalized spacial score (nSPS) is 19.0. The molecular formula is C23H30N4O3S. The maximum Gasteiger partial charge on any atom is 0.257 e. The largest absolute Gasteiger partial charge is 0.379 e. The van der Waals surface area contributed by atoms with Gasteiger partial charge in [-0.2, -0.15) is 0 Å². The Morgan fingerprint density at radius 1 is 1.10 bits per heavy atom. The molecule has 2 N–H and O–H groups in total. The first kappa shape index (κ1) is 21.9. The number of anilines is 1. The van der Waals surface area contributed by atoms with Gasteiger partial charge in [-0.15, -0.1) is 11.3 Å². The van der Waals surface area contributed by atoms with Crippen LogP contribution in [0.5, 0.6) is 0 Å². The SMILES string of the molecule is O=C(Cc1csc(NC(=O)c2ccccc2)n1)NCC1(N2CCOCC2)CCCCC1. The van der Waals surface area contributed by atoms with E-state index in [1.165, 1.54) is 30.6 Å². The summed E-state index contributed by atoms with van der Waals surface area (Å²) in [6.45, 7) is 4.09. The number of ether oxygens (including phenoxy) is 1. The number of amides is 2. The van der Waals surface area contributed by atoms with E-state index in [0.717, 1.165) is 39.1 Å². The first-order valence-corrected chi connectivity index (χ1v) is 11.9. The number of nitrogens with zero attached hydrogens (tertiary/aromatic N) is 2. The fourth-order valence-corrected chi connectivity index (χ4v) is 5.25. The fourth-order valence-electron chi connectivity index (χ4n) is 4.55. The van der Waals surface area contributed by atoms with Crippen molar-refractivity contribution in [1.29, 1.82) is 0 Å². The molecule has 2 heterocycles. The van der Waals surface area contributed by atoms with E-state index in [1.807, 2.05) is 23.6 Å². The van der Waals surface area contributed by atoms with Crippen molar-refractivity contribution >= 4 is 28.3 Å². The van der Waals surface area contributed by atoms with E-state index in [-0.39, 0.29) is 23.8 Å². The molecule has 1 saturated carbocycles. The Morgan fingerprint density at radius 3 is 2.58 bits per heavy atom. The Morgan fingerprint density at radius 2 is 1.84 bits per heavy atom. The molecule has 0 atom stereocenters. The summed E-state index contributed by atoms with van der Waals surface area (Å²) in [4.78, 5) is 31.9. The maximum absolute atomic E-state index is 12.7. The standard InChI is InChI=1S/C23H30N4O3S/c28-20(24-17-23(9-5-2-6-10-23)27-11-13-30-14-12-27)15-19-16-31-22(25-19)26-21(29)18-7-3-1-4-8-18/h1,3-4,7-8,16H,2,5-6,9-15,17H2,(H,24,28)(H,25,26,29). The second kappa shape index (κ2) is 10.3. The third kappa shape index (κ3) is 5.70. The Kier molecular flexibility index (Phi) is 7.32. The Bertz CT molecular complexity index is 874. The van der Waals surface area contributed by atoms with Gasteiger partial charge in [-0.3, -0.25) is 19.8 Å². The summed E-state index contributed by atoms with van der Waals surface area (Å²) in [5.41, 5.74) is 1.31. The molecule has 0 radical (unpaired) electrons. The van der Waals surface area contributed by atoms with Crippen LogP contribution in [0.2, 0.25) is 0 Å². The highest BCUT2D eigenvalue weighted by atomic mass is 32.1. The van der Waals surface area contributed by atoms with Crippen LogP contribution < -0.4 is 10.6 Å². The molecule has 7 nitrogen and oxygen atoms in total. The summed E-state index contributed by atoms with van der Waals surface area (Å²) in [7, 11) is 0. The molecule has 8 heteroatoms. The molecule has 2 aliphatic rings. The number of benzene rings is 1. The first-order chi connectivity index (χ1) is 15.1. The van der Waals surface area contributed by atoms with E-state index < -0.39 is 0 Å². The lowest BCUT2D eigenvalue weighted by Crippen LogP contribution is -2.59. The predicted molar refractivity (Wildman–Crippen MR) is 121 cm³/mol. The highest BCUT2D eigenvalue weighted by Crippen LogP contribution is 2.34. The quantitative estimate of drug-likeness (QED) is 0.689. The number of carbonyl (C=O) groups excluding carboxylic acids is 2. The molecule has 2 fully saturated rings. The summed E-state index contributed by atoms with van der Waals surface area (Å²) in [5.74, 6) is -0.222. The minimum absolute atomic E-state index is 0.0237. The minimum atomic E-state index is -0.198. The van der Waals surface area contributed by atoms with Crippen molar-refractivity contribution in [3.8, 4) is 0 Å². The monoisotopic (exact) mass is 442 g/mol. The van der Waals surface area contributed by atoms with Crippen LogP contribution in [0.1, 0.15) is 48.2 Å². The lowest BCUT2D eigenvalue weighted by Gasteiger charge is -2.48. The lowest BCUT2D eigenvalue weighted by molar-refractivity contribution is -0.121. The molecule has 31 heavy (non-hydrogen) atoms. The second-order valence-electron chi connectivity index (χ2n) is 8.30. The molecule has 1 aliphatic heterocycles. The van der Waals surface area contributed by atoms with Crippen molar-refractivity contribution in [3.63, 3.8) is 0 Å². The topological polar surface area (TPSA) is 83.6 Å². The van der Waals surface area contributed by atoms with Gasteiger partial charge in [0, 0.05) is 36.1 Å². The number of aromatic nitrogens is 1. The number of carbonyl (C=O) groups is 2. The van der Waals surface area contributed by atoms with Gasteiger partial charge < -0.3 is 10.1 Å². The molecule has 1 saturated heterocycles. The predicted octanol–water partition coefficient (Wildman–Crippen LogP) is 3.09. The summed E-state index contributed by atoms with van der Waals surface area (Å²) in [6.07, 6.45) is 6.17. The van der Waals surface area contributed by atoms with Crippen molar-refractivity contribution in [2.75, 3.05) is 38.2 Å². The van der Waals surface area contributed by atoms with Crippen LogP contribution >= 0.6 is 11.3 Å². The third-order valence-corrected chi connectivity index (χ3v) is 7.04. The maximum atomic E-state index is 12.7. The highest BCUT2D eigenvalue weighted by molar-refractivity contribution is 7.14. The van der Waals surface area contributed by atoms with Crippen LogP contribution in [0.25, 0.3) is 0 Å². The van der Waals surface area contributed by atoms with Crippen LogP contribution in [0.15, 0.2) is 35.7 Å². The van der Waals surface area contributed by atoms with E-state index in [9.17, 15) is 9.59 Å².